The van der Waals surface area contributed by atoms with E-state index < -0.39 is 0 Å². The summed E-state index contributed by atoms with van der Waals surface area (Å²) in [6.45, 7) is 4.17. The van der Waals surface area contributed by atoms with Crippen molar-refractivity contribution in [3.8, 4) is 11.1 Å². The number of rotatable bonds is 6. The van der Waals surface area contributed by atoms with Crippen LogP contribution >= 0.6 is 0 Å². The van der Waals surface area contributed by atoms with Crippen LogP contribution in [-0.4, -0.2) is 54.3 Å². The molecule has 1 atom stereocenters. The molecule has 0 bridgehead atoms. The van der Waals surface area contributed by atoms with Crippen LogP contribution in [0.25, 0.3) is 11.1 Å². The van der Waals surface area contributed by atoms with E-state index in [-0.39, 0.29) is 11.7 Å². The van der Waals surface area contributed by atoms with E-state index in [4.69, 9.17) is 9.47 Å². The Labute approximate surface area is 191 Å². The number of carbonyl (C=O) groups excluding carboxylic acids is 1. The van der Waals surface area contributed by atoms with Crippen molar-refractivity contribution < 1.29 is 14.3 Å². The summed E-state index contributed by atoms with van der Waals surface area (Å²) in [5.74, 6) is 0. The maximum Gasteiger partial charge on any atom is 0.410 e. The van der Waals surface area contributed by atoms with E-state index in [0.29, 0.717) is 19.3 Å². The molecule has 0 N–H and O–H groups in total. The lowest BCUT2D eigenvalue weighted by Gasteiger charge is -2.30. The minimum Gasteiger partial charge on any atom is -0.441 e. The zero-order valence-corrected chi connectivity index (χ0v) is 19.1. The van der Waals surface area contributed by atoms with E-state index in [1.807, 2.05) is 4.90 Å². The smallest absolute Gasteiger partial charge is 0.410 e. The molecule has 5 nitrogen and oxygen atoms in total. The van der Waals surface area contributed by atoms with Gasteiger partial charge >= 0.3 is 6.09 Å². The van der Waals surface area contributed by atoms with Crippen LogP contribution in [0.4, 0.5) is 4.79 Å². The van der Waals surface area contributed by atoms with Gasteiger partial charge in [0.25, 0.3) is 0 Å². The molecule has 2 aromatic rings. The predicted octanol–water partition coefficient (Wildman–Crippen LogP) is 5.23. The molecule has 3 fully saturated rings. The topological polar surface area (TPSA) is 42.0 Å². The molecule has 2 saturated heterocycles. The van der Waals surface area contributed by atoms with Crippen molar-refractivity contribution in [1.29, 1.82) is 0 Å². The summed E-state index contributed by atoms with van der Waals surface area (Å²) in [6.07, 6.45) is 6.92. The molecule has 1 unspecified atom stereocenters. The van der Waals surface area contributed by atoms with E-state index in [1.165, 1.54) is 36.0 Å². The van der Waals surface area contributed by atoms with Gasteiger partial charge in [-0.25, -0.2) is 4.79 Å². The normalized spacial score (nSPS) is 23.1. The van der Waals surface area contributed by atoms with Gasteiger partial charge in [-0.3, -0.25) is 4.90 Å². The van der Waals surface area contributed by atoms with Crippen molar-refractivity contribution in [2.75, 3.05) is 26.7 Å². The second-order valence-corrected chi connectivity index (χ2v) is 9.85. The average Bonchev–Trinajstić information content (AvgIpc) is 3.36. The number of ether oxygens (including phenoxy) is 2. The number of hydrogen-bond acceptors (Lipinski definition) is 4. The molecule has 2 heterocycles. The highest BCUT2D eigenvalue weighted by Crippen LogP contribution is 2.37. The monoisotopic (exact) mass is 434 g/mol. The summed E-state index contributed by atoms with van der Waals surface area (Å²) in [6, 6.07) is 17.2. The minimum atomic E-state index is -0.228. The highest BCUT2D eigenvalue weighted by Gasteiger charge is 2.45. The Bertz CT molecular complexity index is 919. The molecule has 0 radical (unpaired) electrons. The van der Waals surface area contributed by atoms with Gasteiger partial charge in [-0.15, -0.1) is 0 Å². The van der Waals surface area contributed by atoms with E-state index in [1.54, 1.807) is 0 Å². The first-order chi connectivity index (χ1) is 15.6. The van der Waals surface area contributed by atoms with E-state index >= 15 is 0 Å². The van der Waals surface area contributed by atoms with E-state index in [2.05, 4.69) is 60.5 Å². The Balaban J connectivity index is 1.16. The van der Waals surface area contributed by atoms with E-state index in [0.717, 1.165) is 44.5 Å². The molecule has 5 heteroatoms. The zero-order valence-electron chi connectivity index (χ0n) is 19.1. The quantitative estimate of drug-likeness (QED) is 0.624. The van der Waals surface area contributed by atoms with Crippen LogP contribution in [0, 0.1) is 0 Å². The summed E-state index contributed by atoms with van der Waals surface area (Å²) < 4.78 is 11.9. The summed E-state index contributed by atoms with van der Waals surface area (Å²) in [5.41, 5.74) is 4.51. The van der Waals surface area contributed by atoms with Crippen LogP contribution in [-0.2, 0) is 22.6 Å². The predicted molar refractivity (Wildman–Crippen MR) is 125 cm³/mol. The third kappa shape index (κ3) is 4.84. The number of likely N-dealkylation sites (N-methyl/N-ethyl adjacent to an activating group) is 1. The Kier molecular flexibility index (Phi) is 6.20. The number of carbonyl (C=O) groups is 1. The van der Waals surface area contributed by atoms with Crippen LogP contribution < -0.4 is 0 Å². The van der Waals surface area contributed by atoms with Crippen LogP contribution in [0.15, 0.2) is 48.5 Å². The summed E-state index contributed by atoms with van der Waals surface area (Å²) in [7, 11) is 2.15. The van der Waals surface area contributed by atoms with Gasteiger partial charge in [-0.05, 0) is 61.4 Å². The fourth-order valence-corrected chi connectivity index (χ4v) is 5.33. The van der Waals surface area contributed by atoms with Gasteiger partial charge in [0.05, 0.1) is 19.3 Å². The summed E-state index contributed by atoms with van der Waals surface area (Å²) in [5, 5.41) is 0. The Hall–Kier alpha value is -2.37. The molecule has 170 valence electrons. The first-order valence-corrected chi connectivity index (χ1v) is 12.0. The third-order valence-electron chi connectivity index (χ3n) is 7.25. The van der Waals surface area contributed by atoms with Crippen LogP contribution in [0.3, 0.4) is 0 Å². The Morgan fingerprint density at radius 2 is 1.62 bits per heavy atom. The number of nitrogens with zero attached hydrogens (tertiary/aromatic N) is 2. The molecule has 2 aliphatic heterocycles. The van der Waals surface area contributed by atoms with Crippen LogP contribution in [0.1, 0.15) is 49.7 Å². The average molecular weight is 435 g/mol. The fraction of sp³-hybridized carbons (Fsp3) is 0.519. The lowest BCUT2D eigenvalue weighted by atomic mass is 9.85. The molecule has 1 amide bonds. The van der Waals surface area contributed by atoms with Crippen LogP contribution in [0.5, 0.6) is 0 Å². The largest absolute Gasteiger partial charge is 0.441 e. The molecule has 3 aliphatic rings. The van der Waals surface area contributed by atoms with E-state index in [9.17, 15) is 4.79 Å². The fourth-order valence-electron chi connectivity index (χ4n) is 5.33. The minimum absolute atomic E-state index is 0.155. The number of amides is 1. The van der Waals surface area contributed by atoms with Crippen molar-refractivity contribution in [2.45, 2.75) is 63.4 Å². The molecule has 32 heavy (non-hydrogen) atoms. The first-order valence-electron chi connectivity index (χ1n) is 12.0. The standard InChI is InChI=1S/C27H34N2O3/c1-28-16-13-25(18-28)31-19-22-7-11-24(12-8-22)23-9-5-21(6-10-23)17-29-20-27(32-26(29)30)14-3-2-4-15-27/h5-12,25H,2-4,13-20H2,1H3. The summed E-state index contributed by atoms with van der Waals surface area (Å²) in [4.78, 5) is 16.6. The lowest BCUT2D eigenvalue weighted by Crippen LogP contribution is -2.36. The van der Waals surface area contributed by atoms with Crippen molar-refractivity contribution >= 4 is 6.09 Å². The van der Waals surface area contributed by atoms with Crippen molar-refractivity contribution in [2.24, 2.45) is 0 Å². The molecule has 0 aromatic heterocycles. The van der Waals surface area contributed by atoms with Gasteiger partial charge in [-0.2, -0.15) is 0 Å². The van der Waals surface area contributed by atoms with Gasteiger partial charge in [-0.1, -0.05) is 55.0 Å². The zero-order chi connectivity index (χ0) is 22.0. The van der Waals surface area contributed by atoms with Crippen LogP contribution in [0.2, 0.25) is 0 Å². The molecular formula is C27H34N2O3. The molecule has 5 rings (SSSR count). The number of hydrogen-bond donors (Lipinski definition) is 0. The molecule has 1 aliphatic carbocycles. The first kappa shape index (κ1) is 21.5. The van der Waals surface area contributed by atoms with Gasteiger partial charge in [0.1, 0.15) is 5.60 Å². The third-order valence-corrected chi connectivity index (χ3v) is 7.25. The number of likely N-dealkylation sites (tertiary alicyclic amines) is 1. The SMILES string of the molecule is CN1CCC(OCc2ccc(-c3ccc(CN4CC5(CCCCC5)OC4=O)cc3)cc2)C1. The van der Waals surface area contributed by atoms with Gasteiger partial charge < -0.3 is 14.4 Å². The second kappa shape index (κ2) is 9.24. The van der Waals surface area contributed by atoms with Crippen molar-refractivity contribution in [3.05, 3.63) is 59.7 Å². The highest BCUT2D eigenvalue weighted by molar-refractivity contribution is 5.71. The van der Waals surface area contributed by atoms with Crippen molar-refractivity contribution in [1.82, 2.24) is 9.80 Å². The number of benzene rings is 2. The van der Waals surface area contributed by atoms with Gasteiger partial charge in [0.2, 0.25) is 0 Å². The van der Waals surface area contributed by atoms with Gasteiger partial charge in [0.15, 0.2) is 0 Å². The highest BCUT2D eigenvalue weighted by atomic mass is 16.6. The second-order valence-electron chi connectivity index (χ2n) is 9.85. The molecular weight excluding hydrogens is 400 g/mol. The lowest BCUT2D eigenvalue weighted by molar-refractivity contribution is 0.0260. The summed E-state index contributed by atoms with van der Waals surface area (Å²) >= 11 is 0. The molecule has 2 aromatic carbocycles. The van der Waals surface area contributed by atoms with Crippen molar-refractivity contribution in [3.63, 3.8) is 0 Å². The Morgan fingerprint density at radius 1 is 0.969 bits per heavy atom. The molecule has 1 saturated carbocycles. The maximum atomic E-state index is 12.4. The molecule has 1 spiro atoms. The maximum absolute atomic E-state index is 12.4. The Morgan fingerprint density at radius 3 is 2.25 bits per heavy atom. The van der Waals surface area contributed by atoms with Gasteiger partial charge in [0, 0.05) is 19.6 Å².